The van der Waals surface area contributed by atoms with E-state index in [-0.39, 0.29) is 17.1 Å². The lowest BCUT2D eigenvalue weighted by molar-refractivity contribution is 0.586. The Morgan fingerprint density at radius 1 is 1.35 bits per heavy atom. The normalized spacial score (nSPS) is 10.3. The monoisotopic (exact) mass is 349 g/mol. The van der Waals surface area contributed by atoms with Crippen LogP contribution in [0.25, 0.3) is 0 Å². The number of H-pyrrole nitrogens is 1. The second-order valence-electron chi connectivity index (χ2n) is 3.14. The maximum Gasteiger partial charge on any atom is 0.266 e. The fourth-order valence-electron chi connectivity index (χ4n) is 1.19. The molecule has 0 aliphatic rings. The molecule has 0 bridgehead atoms. The average molecular weight is 349 g/mol. The van der Waals surface area contributed by atoms with E-state index in [4.69, 9.17) is 0 Å². The molecule has 1 aromatic carbocycles. The molecule has 1 aromatic heterocycles. The molecular weight excluding hydrogens is 343 g/mol. The molecule has 0 aliphatic heterocycles. The van der Waals surface area contributed by atoms with Crippen molar-refractivity contribution in [2.24, 2.45) is 0 Å². The van der Waals surface area contributed by atoms with Crippen molar-refractivity contribution in [1.82, 2.24) is 9.97 Å². The molecular formula is C10H6F2IN3O. The fourth-order valence-corrected chi connectivity index (χ4v) is 1.62. The molecule has 2 rings (SSSR count). The summed E-state index contributed by atoms with van der Waals surface area (Å²) in [6.07, 6.45) is 1.20. The molecule has 0 fully saturated rings. The SMILES string of the molecule is O=c1[nH]cnc(Nc2ccc(F)cc2F)c1I. The highest BCUT2D eigenvalue weighted by atomic mass is 127. The highest BCUT2D eigenvalue weighted by Gasteiger charge is 2.08. The number of benzene rings is 1. The second-order valence-corrected chi connectivity index (χ2v) is 4.22. The molecule has 7 heteroatoms. The van der Waals surface area contributed by atoms with Gasteiger partial charge in [-0.05, 0) is 34.7 Å². The lowest BCUT2D eigenvalue weighted by Crippen LogP contribution is -2.13. The molecule has 0 saturated carbocycles. The van der Waals surface area contributed by atoms with Gasteiger partial charge in [-0.2, -0.15) is 0 Å². The van der Waals surface area contributed by atoms with E-state index in [1.807, 2.05) is 0 Å². The van der Waals surface area contributed by atoms with E-state index in [0.29, 0.717) is 3.57 Å². The zero-order chi connectivity index (χ0) is 12.4. The molecule has 2 N–H and O–H groups in total. The number of hydrogen-bond donors (Lipinski definition) is 2. The third kappa shape index (κ3) is 2.60. The Morgan fingerprint density at radius 2 is 2.12 bits per heavy atom. The molecule has 0 amide bonds. The fraction of sp³-hybridized carbons (Fsp3) is 0. The second kappa shape index (κ2) is 4.78. The summed E-state index contributed by atoms with van der Waals surface area (Å²) in [5.41, 5.74) is -0.270. The van der Waals surface area contributed by atoms with Gasteiger partial charge in [-0.3, -0.25) is 4.79 Å². The Balaban J connectivity index is 2.38. The number of aromatic amines is 1. The van der Waals surface area contributed by atoms with Gasteiger partial charge in [-0.15, -0.1) is 0 Å². The van der Waals surface area contributed by atoms with E-state index >= 15 is 0 Å². The first-order valence-corrected chi connectivity index (χ1v) is 5.61. The van der Waals surface area contributed by atoms with Crippen LogP contribution in [0.1, 0.15) is 0 Å². The molecule has 0 spiro atoms. The lowest BCUT2D eigenvalue weighted by atomic mass is 10.3. The average Bonchev–Trinajstić information content (AvgIpc) is 2.28. The van der Waals surface area contributed by atoms with Gasteiger partial charge in [0.1, 0.15) is 15.2 Å². The van der Waals surface area contributed by atoms with Crippen LogP contribution < -0.4 is 10.9 Å². The van der Waals surface area contributed by atoms with Gasteiger partial charge < -0.3 is 10.3 Å². The van der Waals surface area contributed by atoms with E-state index in [1.165, 1.54) is 12.4 Å². The van der Waals surface area contributed by atoms with Crippen molar-refractivity contribution in [2.75, 3.05) is 5.32 Å². The van der Waals surface area contributed by atoms with Crippen LogP contribution in [-0.2, 0) is 0 Å². The van der Waals surface area contributed by atoms with Crippen molar-refractivity contribution in [2.45, 2.75) is 0 Å². The van der Waals surface area contributed by atoms with Gasteiger partial charge in [0.2, 0.25) is 0 Å². The van der Waals surface area contributed by atoms with Crippen LogP contribution in [0.5, 0.6) is 0 Å². The van der Waals surface area contributed by atoms with Crippen LogP contribution in [0, 0.1) is 15.2 Å². The maximum atomic E-state index is 13.3. The summed E-state index contributed by atoms with van der Waals surface area (Å²) < 4.78 is 26.3. The van der Waals surface area contributed by atoms with E-state index in [0.717, 1.165) is 12.1 Å². The van der Waals surface area contributed by atoms with Gasteiger partial charge in [0.15, 0.2) is 5.82 Å². The molecule has 0 aliphatic carbocycles. The zero-order valence-corrected chi connectivity index (χ0v) is 10.5. The molecule has 0 atom stereocenters. The van der Waals surface area contributed by atoms with Crippen molar-refractivity contribution >= 4 is 34.1 Å². The first-order chi connectivity index (χ1) is 8.08. The summed E-state index contributed by atoms with van der Waals surface area (Å²) in [5.74, 6) is -1.19. The number of aromatic nitrogens is 2. The molecule has 0 radical (unpaired) electrons. The van der Waals surface area contributed by atoms with Crippen LogP contribution in [-0.4, -0.2) is 9.97 Å². The molecule has 0 unspecified atom stereocenters. The Hall–Kier alpha value is -1.51. The largest absolute Gasteiger partial charge is 0.337 e. The highest BCUT2D eigenvalue weighted by Crippen LogP contribution is 2.20. The highest BCUT2D eigenvalue weighted by molar-refractivity contribution is 14.1. The smallest absolute Gasteiger partial charge is 0.266 e. The molecule has 0 saturated heterocycles. The molecule has 17 heavy (non-hydrogen) atoms. The summed E-state index contributed by atoms with van der Waals surface area (Å²) in [6, 6.07) is 3.11. The van der Waals surface area contributed by atoms with Crippen LogP contribution in [0.15, 0.2) is 29.3 Å². The predicted molar refractivity (Wildman–Crippen MR) is 67.2 cm³/mol. The van der Waals surface area contributed by atoms with Crippen molar-refractivity contribution in [3.8, 4) is 0 Å². The van der Waals surface area contributed by atoms with Gasteiger partial charge in [-0.1, -0.05) is 0 Å². The number of hydrogen-bond acceptors (Lipinski definition) is 3. The van der Waals surface area contributed by atoms with Crippen molar-refractivity contribution in [3.05, 3.63) is 50.1 Å². The van der Waals surface area contributed by atoms with E-state index in [2.05, 4.69) is 15.3 Å². The number of halogens is 3. The minimum atomic E-state index is -0.747. The van der Waals surface area contributed by atoms with Crippen molar-refractivity contribution < 1.29 is 8.78 Å². The van der Waals surface area contributed by atoms with Gasteiger partial charge >= 0.3 is 0 Å². The van der Waals surface area contributed by atoms with Crippen molar-refractivity contribution in [3.63, 3.8) is 0 Å². The zero-order valence-electron chi connectivity index (χ0n) is 8.30. The summed E-state index contributed by atoms with van der Waals surface area (Å²) in [6.45, 7) is 0. The predicted octanol–water partition coefficient (Wildman–Crippen LogP) is 2.40. The molecule has 2 aromatic rings. The Morgan fingerprint density at radius 3 is 2.82 bits per heavy atom. The van der Waals surface area contributed by atoms with Gasteiger partial charge in [0.25, 0.3) is 5.56 Å². The quantitative estimate of drug-likeness (QED) is 0.819. The Bertz CT molecular complexity index is 615. The van der Waals surface area contributed by atoms with Crippen LogP contribution in [0.4, 0.5) is 20.3 Å². The number of nitrogens with one attached hydrogen (secondary N) is 2. The number of nitrogens with zero attached hydrogens (tertiary/aromatic N) is 1. The Kier molecular flexibility index (Phi) is 3.36. The summed E-state index contributed by atoms with van der Waals surface area (Å²) >= 11 is 1.78. The first-order valence-electron chi connectivity index (χ1n) is 4.53. The van der Waals surface area contributed by atoms with Gasteiger partial charge in [-0.25, -0.2) is 13.8 Å². The first kappa shape index (κ1) is 12.0. The van der Waals surface area contributed by atoms with Gasteiger partial charge in [0.05, 0.1) is 12.0 Å². The topological polar surface area (TPSA) is 57.8 Å². The molecule has 88 valence electrons. The van der Waals surface area contributed by atoms with Crippen LogP contribution in [0.3, 0.4) is 0 Å². The number of rotatable bonds is 2. The number of anilines is 2. The third-order valence-electron chi connectivity index (χ3n) is 1.98. The summed E-state index contributed by atoms with van der Waals surface area (Å²) in [5, 5.41) is 2.63. The minimum absolute atomic E-state index is 0.0578. The maximum absolute atomic E-state index is 13.3. The summed E-state index contributed by atoms with van der Waals surface area (Å²) in [4.78, 5) is 17.5. The van der Waals surface area contributed by atoms with E-state index < -0.39 is 11.6 Å². The van der Waals surface area contributed by atoms with Gasteiger partial charge in [0, 0.05) is 6.07 Å². The molecule has 4 nitrogen and oxygen atoms in total. The van der Waals surface area contributed by atoms with Crippen LogP contribution in [0.2, 0.25) is 0 Å². The lowest BCUT2D eigenvalue weighted by Gasteiger charge is -2.07. The van der Waals surface area contributed by atoms with E-state index in [9.17, 15) is 13.6 Å². The minimum Gasteiger partial charge on any atom is -0.337 e. The van der Waals surface area contributed by atoms with Crippen molar-refractivity contribution in [1.29, 1.82) is 0 Å². The van der Waals surface area contributed by atoms with E-state index in [1.54, 1.807) is 22.6 Å². The standard InChI is InChI=1S/C10H6F2IN3O/c11-5-1-2-7(6(12)3-5)16-9-8(13)10(17)15-4-14-9/h1-4H,(H2,14,15,16,17). The molecule has 1 heterocycles. The summed E-state index contributed by atoms with van der Waals surface area (Å²) in [7, 11) is 0. The third-order valence-corrected chi connectivity index (χ3v) is 2.98. The Labute approximate surface area is 108 Å². The van der Waals surface area contributed by atoms with Crippen LogP contribution >= 0.6 is 22.6 Å².